The van der Waals surface area contributed by atoms with E-state index in [9.17, 15) is 4.79 Å². The second-order valence-corrected chi connectivity index (χ2v) is 7.27. The Morgan fingerprint density at radius 2 is 2.04 bits per heavy atom. The number of ether oxygens (including phenoxy) is 1. The van der Waals surface area contributed by atoms with E-state index < -0.39 is 5.91 Å². The predicted molar refractivity (Wildman–Crippen MR) is 110 cm³/mol. The monoisotopic (exact) mass is 374 g/mol. The molecule has 0 heterocycles. The maximum atomic E-state index is 11.3. The van der Waals surface area contributed by atoms with E-state index in [4.69, 9.17) is 10.5 Å². The van der Waals surface area contributed by atoms with Crippen LogP contribution < -0.4 is 16.4 Å². The van der Waals surface area contributed by atoms with E-state index in [0.29, 0.717) is 17.5 Å². The van der Waals surface area contributed by atoms with Gasteiger partial charge in [0.1, 0.15) is 0 Å². The highest BCUT2D eigenvalue weighted by Gasteiger charge is 2.33. The molecular formula is C21H34N4O2. The van der Waals surface area contributed by atoms with Crippen molar-refractivity contribution in [2.24, 2.45) is 16.1 Å². The van der Waals surface area contributed by atoms with Crippen LogP contribution in [-0.2, 0) is 11.3 Å². The molecule has 0 aromatic heterocycles. The molecule has 150 valence electrons. The molecule has 0 atom stereocenters. The van der Waals surface area contributed by atoms with Crippen LogP contribution in [0.4, 0.5) is 0 Å². The highest BCUT2D eigenvalue weighted by molar-refractivity contribution is 5.92. The van der Waals surface area contributed by atoms with Crippen molar-refractivity contribution >= 4 is 11.9 Å². The van der Waals surface area contributed by atoms with Gasteiger partial charge in [-0.05, 0) is 56.2 Å². The van der Waals surface area contributed by atoms with E-state index >= 15 is 0 Å². The number of hydrogen-bond acceptors (Lipinski definition) is 3. The number of guanidine groups is 1. The molecule has 1 aromatic rings. The minimum atomic E-state index is -0.414. The minimum absolute atomic E-state index is 0.303. The fourth-order valence-corrected chi connectivity index (χ4v) is 3.68. The summed E-state index contributed by atoms with van der Waals surface area (Å²) in [7, 11) is 0. The van der Waals surface area contributed by atoms with Gasteiger partial charge in [-0.25, -0.2) is 4.99 Å². The van der Waals surface area contributed by atoms with E-state index in [-0.39, 0.29) is 0 Å². The third-order valence-corrected chi connectivity index (χ3v) is 5.25. The van der Waals surface area contributed by atoms with Crippen molar-refractivity contribution in [1.29, 1.82) is 0 Å². The quantitative estimate of drug-likeness (QED) is 0.334. The Balaban J connectivity index is 1.98. The summed E-state index contributed by atoms with van der Waals surface area (Å²) in [6.07, 6.45) is 6.16. The molecule has 1 fully saturated rings. The summed E-state index contributed by atoms with van der Waals surface area (Å²) in [5, 5.41) is 6.84. The van der Waals surface area contributed by atoms with Crippen LogP contribution in [-0.4, -0.2) is 38.2 Å². The maximum absolute atomic E-state index is 11.3. The lowest BCUT2D eigenvalue weighted by molar-refractivity contribution is 0.1000. The van der Waals surface area contributed by atoms with Crippen LogP contribution >= 0.6 is 0 Å². The molecule has 1 aliphatic rings. The molecule has 1 aromatic carbocycles. The third-order valence-electron chi connectivity index (χ3n) is 5.25. The van der Waals surface area contributed by atoms with Gasteiger partial charge in [-0.15, -0.1) is 0 Å². The number of nitrogens with one attached hydrogen (secondary N) is 2. The summed E-state index contributed by atoms with van der Waals surface area (Å²) >= 11 is 0. The molecule has 1 aliphatic carbocycles. The zero-order chi connectivity index (χ0) is 19.5. The first-order valence-electron chi connectivity index (χ1n) is 10.1. The number of rotatable bonds is 10. The number of carbonyl (C=O) groups is 1. The first-order chi connectivity index (χ1) is 13.1. The minimum Gasteiger partial charge on any atom is -0.382 e. The molecule has 0 saturated heterocycles. The van der Waals surface area contributed by atoms with E-state index in [2.05, 4.69) is 22.5 Å². The van der Waals surface area contributed by atoms with Gasteiger partial charge in [0, 0.05) is 31.9 Å². The normalized spacial score (nSPS) is 16.3. The van der Waals surface area contributed by atoms with Crippen LogP contribution in [0.2, 0.25) is 0 Å². The standard InChI is InChI=1S/C21H34N4O2/c1-3-23-20(24-15-17-8-7-9-18(14-17)19(22)26)25-16-21(10-5-6-11-21)12-13-27-4-2/h7-9,14H,3-6,10-13,15-16H2,1-2H3,(H2,22,26)(H2,23,24,25). The van der Waals surface area contributed by atoms with E-state index in [1.165, 1.54) is 25.7 Å². The highest BCUT2D eigenvalue weighted by Crippen LogP contribution is 2.40. The van der Waals surface area contributed by atoms with Gasteiger partial charge >= 0.3 is 0 Å². The summed E-state index contributed by atoms with van der Waals surface area (Å²) in [5.41, 5.74) is 7.14. The molecule has 0 aliphatic heterocycles. The van der Waals surface area contributed by atoms with Crippen molar-refractivity contribution in [2.45, 2.75) is 52.5 Å². The SMILES string of the molecule is CCNC(=NCc1cccc(C(N)=O)c1)NCC1(CCOCC)CCCC1. The van der Waals surface area contributed by atoms with Crippen LogP contribution in [0.5, 0.6) is 0 Å². The second kappa shape index (κ2) is 10.9. The number of carbonyl (C=O) groups excluding carboxylic acids is 1. The maximum Gasteiger partial charge on any atom is 0.248 e. The molecule has 0 spiro atoms. The van der Waals surface area contributed by atoms with Crippen molar-refractivity contribution in [2.75, 3.05) is 26.3 Å². The van der Waals surface area contributed by atoms with E-state index in [1.807, 2.05) is 19.1 Å². The zero-order valence-electron chi connectivity index (χ0n) is 16.7. The summed E-state index contributed by atoms with van der Waals surface area (Å²) < 4.78 is 5.60. The number of hydrogen-bond donors (Lipinski definition) is 3. The van der Waals surface area contributed by atoms with Crippen LogP contribution in [0.25, 0.3) is 0 Å². The first-order valence-corrected chi connectivity index (χ1v) is 10.1. The van der Waals surface area contributed by atoms with Gasteiger partial charge in [0.05, 0.1) is 6.54 Å². The Labute approximate surface area is 163 Å². The molecule has 6 nitrogen and oxygen atoms in total. The third kappa shape index (κ3) is 6.86. The smallest absolute Gasteiger partial charge is 0.248 e. The van der Waals surface area contributed by atoms with Crippen LogP contribution in [0.3, 0.4) is 0 Å². The van der Waals surface area contributed by atoms with Gasteiger partial charge in [0.25, 0.3) is 0 Å². The topological polar surface area (TPSA) is 88.7 Å². The summed E-state index contributed by atoms with van der Waals surface area (Å²) in [6, 6.07) is 7.32. The molecule has 0 bridgehead atoms. The highest BCUT2D eigenvalue weighted by atomic mass is 16.5. The molecule has 1 amide bonds. The fraction of sp³-hybridized carbons (Fsp3) is 0.619. The van der Waals surface area contributed by atoms with Gasteiger partial charge in [0.15, 0.2) is 5.96 Å². The summed E-state index contributed by atoms with van der Waals surface area (Å²) in [5.74, 6) is 0.396. The van der Waals surface area contributed by atoms with E-state index in [1.54, 1.807) is 12.1 Å². The molecule has 0 unspecified atom stereocenters. The Bertz CT molecular complexity index is 624. The average molecular weight is 375 g/mol. The first kappa shape index (κ1) is 21.2. The van der Waals surface area contributed by atoms with Crippen molar-refractivity contribution in [3.8, 4) is 0 Å². The van der Waals surface area contributed by atoms with Crippen LogP contribution in [0, 0.1) is 5.41 Å². The van der Waals surface area contributed by atoms with E-state index in [0.717, 1.165) is 44.2 Å². The second-order valence-electron chi connectivity index (χ2n) is 7.27. The van der Waals surface area contributed by atoms with Gasteiger partial charge in [-0.2, -0.15) is 0 Å². The summed E-state index contributed by atoms with van der Waals surface area (Å²) in [6.45, 7) is 7.92. The van der Waals surface area contributed by atoms with Crippen molar-refractivity contribution < 1.29 is 9.53 Å². The van der Waals surface area contributed by atoms with Crippen LogP contribution in [0.1, 0.15) is 61.9 Å². The number of aliphatic imine (C=N–C) groups is 1. The lowest BCUT2D eigenvalue weighted by Crippen LogP contribution is -2.43. The lowest BCUT2D eigenvalue weighted by Gasteiger charge is -2.30. The van der Waals surface area contributed by atoms with Gasteiger partial charge in [-0.3, -0.25) is 4.79 Å². The van der Waals surface area contributed by atoms with Crippen molar-refractivity contribution in [1.82, 2.24) is 10.6 Å². The van der Waals surface area contributed by atoms with Gasteiger partial charge in [-0.1, -0.05) is 25.0 Å². The largest absolute Gasteiger partial charge is 0.382 e. The number of primary amides is 1. The molecular weight excluding hydrogens is 340 g/mol. The molecule has 4 N–H and O–H groups in total. The number of benzene rings is 1. The van der Waals surface area contributed by atoms with Crippen molar-refractivity contribution in [3.63, 3.8) is 0 Å². The molecule has 2 rings (SSSR count). The zero-order valence-corrected chi connectivity index (χ0v) is 16.7. The van der Waals surface area contributed by atoms with Crippen LogP contribution in [0.15, 0.2) is 29.3 Å². The Kier molecular flexibility index (Phi) is 8.58. The van der Waals surface area contributed by atoms with Crippen molar-refractivity contribution in [3.05, 3.63) is 35.4 Å². The molecule has 6 heteroatoms. The molecule has 0 radical (unpaired) electrons. The lowest BCUT2D eigenvalue weighted by atomic mass is 9.83. The Hall–Kier alpha value is -2.08. The molecule has 27 heavy (non-hydrogen) atoms. The fourth-order valence-electron chi connectivity index (χ4n) is 3.68. The van der Waals surface area contributed by atoms with Gasteiger partial charge < -0.3 is 21.1 Å². The van der Waals surface area contributed by atoms with Gasteiger partial charge in [0.2, 0.25) is 5.91 Å². The number of nitrogens with two attached hydrogens (primary N) is 1. The predicted octanol–water partition coefficient (Wildman–Crippen LogP) is 2.83. The Morgan fingerprint density at radius 1 is 1.26 bits per heavy atom. The Morgan fingerprint density at radius 3 is 2.70 bits per heavy atom. The number of nitrogens with zero attached hydrogens (tertiary/aromatic N) is 1. The molecule has 1 saturated carbocycles. The summed E-state index contributed by atoms with van der Waals surface area (Å²) in [4.78, 5) is 16.0. The average Bonchev–Trinajstić information content (AvgIpc) is 3.13. The number of amides is 1.